The predicted octanol–water partition coefficient (Wildman–Crippen LogP) is 2.86. The number of phenolic OH excluding ortho intramolecular Hbond substituents is 1. The molecule has 108 valence electrons. The molecule has 0 aromatic heterocycles. The van der Waals surface area contributed by atoms with Crippen LogP contribution in [0.1, 0.15) is 43.1 Å². The van der Waals surface area contributed by atoms with E-state index in [2.05, 4.69) is 6.07 Å². The number of nitriles is 1. The molecule has 0 heterocycles. The second kappa shape index (κ2) is 7.01. The third kappa shape index (κ3) is 4.04. The minimum Gasteiger partial charge on any atom is -0.507 e. The number of hydrogen-bond acceptors (Lipinski definition) is 4. The van der Waals surface area contributed by atoms with E-state index in [4.69, 9.17) is 5.26 Å². The first-order valence-electron chi connectivity index (χ1n) is 6.50. The molecule has 0 spiro atoms. The van der Waals surface area contributed by atoms with E-state index in [0.717, 1.165) is 6.07 Å². The Bertz CT molecular complexity index is 535. The Hall–Kier alpha value is -1.93. The van der Waals surface area contributed by atoms with E-state index in [1.165, 1.54) is 13.0 Å². The van der Waals surface area contributed by atoms with Crippen molar-refractivity contribution in [3.05, 3.63) is 29.1 Å². The number of nitrogens with zero attached hydrogens (tertiary/aromatic N) is 2. The number of phenols is 1. The molecular weight excluding hydrogens is 259 g/mol. The Morgan fingerprint density at radius 2 is 2.15 bits per heavy atom. The summed E-state index contributed by atoms with van der Waals surface area (Å²) in [7, 11) is 0. The van der Waals surface area contributed by atoms with Gasteiger partial charge in [-0.05, 0) is 32.9 Å². The summed E-state index contributed by atoms with van der Waals surface area (Å²) in [6, 6.07) is 4.47. The van der Waals surface area contributed by atoms with Gasteiger partial charge in [0.15, 0.2) is 5.78 Å². The zero-order valence-electron chi connectivity index (χ0n) is 12.0. The minimum atomic E-state index is -0.549. The van der Waals surface area contributed by atoms with Crippen LogP contribution in [0.15, 0.2) is 12.1 Å². The van der Waals surface area contributed by atoms with Gasteiger partial charge in [0.1, 0.15) is 11.6 Å². The molecule has 0 unspecified atom stereocenters. The second-order valence-corrected chi connectivity index (χ2v) is 4.99. The molecule has 0 amide bonds. The van der Waals surface area contributed by atoms with Gasteiger partial charge in [0, 0.05) is 31.1 Å². The standard InChI is InChI=1S/C15H19FN2O2/c1-10(2)18(6-4-5-17)9-12-7-13(16)8-14(11(3)19)15(12)20/h7-8,10,20H,4,6,9H2,1-3H3. The highest BCUT2D eigenvalue weighted by molar-refractivity contribution is 5.97. The van der Waals surface area contributed by atoms with E-state index in [9.17, 15) is 14.3 Å². The fourth-order valence-electron chi connectivity index (χ4n) is 1.98. The van der Waals surface area contributed by atoms with Crippen molar-refractivity contribution in [2.24, 2.45) is 0 Å². The van der Waals surface area contributed by atoms with Crippen LogP contribution in [-0.2, 0) is 6.54 Å². The Morgan fingerprint density at radius 3 is 2.65 bits per heavy atom. The van der Waals surface area contributed by atoms with Crippen molar-refractivity contribution >= 4 is 5.78 Å². The summed E-state index contributed by atoms with van der Waals surface area (Å²) in [6.45, 7) is 6.02. The highest BCUT2D eigenvalue weighted by Gasteiger charge is 2.17. The van der Waals surface area contributed by atoms with Gasteiger partial charge in [-0.1, -0.05) is 0 Å². The quantitative estimate of drug-likeness (QED) is 0.813. The number of carbonyl (C=O) groups excluding carboxylic acids is 1. The van der Waals surface area contributed by atoms with E-state index in [1.54, 1.807) is 0 Å². The molecular formula is C15H19FN2O2. The van der Waals surface area contributed by atoms with Crippen molar-refractivity contribution in [1.29, 1.82) is 5.26 Å². The molecule has 0 fully saturated rings. The third-order valence-electron chi connectivity index (χ3n) is 3.15. The lowest BCUT2D eigenvalue weighted by atomic mass is 10.0. The first-order valence-corrected chi connectivity index (χ1v) is 6.50. The second-order valence-electron chi connectivity index (χ2n) is 4.99. The lowest BCUT2D eigenvalue weighted by Crippen LogP contribution is -2.31. The number of ketones is 1. The van der Waals surface area contributed by atoms with Crippen LogP contribution in [0, 0.1) is 17.1 Å². The van der Waals surface area contributed by atoms with Gasteiger partial charge in [0.05, 0.1) is 11.6 Å². The maximum atomic E-state index is 13.5. The maximum absolute atomic E-state index is 13.5. The molecule has 1 aromatic carbocycles. The Balaban J connectivity index is 3.06. The van der Waals surface area contributed by atoms with Crippen molar-refractivity contribution in [2.45, 2.75) is 39.8 Å². The van der Waals surface area contributed by atoms with Crippen molar-refractivity contribution in [3.63, 3.8) is 0 Å². The number of carbonyl (C=O) groups is 1. The summed E-state index contributed by atoms with van der Waals surface area (Å²) < 4.78 is 13.5. The van der Waals surface area contributed by atoms with Crippen molar-refractivity contribution in [2.75, 3.05) is 6.54 Å². The molecule has 0 saturated heterocycles. The summed E-state index contributed by atoms with van der Waals surface area (Å²) in [5.41, 5.74) is 0.353. The van der Waals surface area contributed by atoms with Gasteiger partial charge < -0.3 is 5.11 Å². The smallest absolute Gasteiger partial charge is 0.163 e. The highest BCUT2D eigenvalue weighted by atomic mass is 19.1. The molecule has 0 aliphatic heterocycles. The summed E-state index contributed by atoms with van der Waals surface area (Å²) in [6.07, 6.45) is 0.355. The molecule has 0 radical (unpaired) electrons. The highest BCUT2D eigenvalue weighted by Crippen LogP contribution is 2.26. The van der Waals surface area contributed by atoms with Crippen LogP contribution in [0.25, 0.3) is 0 Å². The van der Waals surface area contributed by atoms with Crippen LogP contribution in [0.5, 0.6) is 5.75 Å². The van der Waals surface area contributed by atoms with Crippen molar-refractivity contribution < 1.29 is 14.3 Å². The minimum absolute atomic E-state index is 0.0102. The molecule has 4 nitrogen and oxygen atoms in total. The van der Waals surface area contributed by atoms with E-state index in [1.807, 2.05) is 18.7 Å². The molecule has 0 saturated carbocycles. The number of Topliss-reactive ketones (excluding diaryl/α,β-unsaturated/α-hetero) is 1. The molecule has 1 aromatic rings. The van der Waals surface area contributed by atoms with Crippen molar-refractivity contribution in [1.82, 2.24) is 4.90 Å². The number of aromatic hydroxyl groups is 1. The summed E-state index contributed by atoms with van der Waals surface area (Å²) in [5, 5.41) is 18.7. The zero-order valence-corrected chi connectivity index (χ0v) is 12.0. The van der Waals surface area contributed by atoms with E-state index in [-0.39, 0.29) is 23.1 Å². The van der Waals surface area contributed by atoms with Gasteiger partial charge in [0.2, 0.25) is 0 Å². The van der Waals surface area contributed by atoms with E-state index in [0.29, 0.717) is 25.1 Å². The van der Waals surface area contributed by atoms with Crippen LogP contribution in [0.3, 0.4) is 0 Å². The topological polar surface area (TPSA) is 64.3 Å². The molecule has 20 heavy (non-hydrogen) atoms. The Labute approximate surface area is 118 Å². The monoisotopic (exact) mass is 278 g/mol. The van der Waals surface area contributed by atoms with Crippen LogP contribution in [0.2, 0.25) is 0 Å². The molecule has 1 rings (SSSR count). The van der Waals surface area contributed by atoms with Crippen LogP contribution in [-0.4, -0.2) is 28.4 Å². The first kappa shape index (κ1) is 16.1. The summed E-state index contributed by atoms with van der Waals surface area (Å²) in [5.74, 6) is -1.11. The van der Waals surface area contributed by atoms with Crippen LogP contribution < -0.4 is 0 Å². The van der Waals surface area contributed by atoms with Crippen LogP contribution in [0.4, 0.5) is 4.39 Å². The summed E-state index contributed by atoms with van der Waals surface area (Å²) >= 11 is 0. The lowest BCUT2D eigenvalue weighted by molar-refractivity contribution is 0.101. The maximum Gasteiger partial charge on any atom is 0.163 e. The van der Waals surface area contributed by atoms with Gasteiger partial charge in [-0.3, -0.25) is 9.69 Å². The fraction of sp³-hybridized carbons (Fsp3) is 0.467. The van der Waals surface area contributed by atoms with Gasteiger partial charge >= 0.3 is 0 Å². The zero-order chi connectivity index (χ0) is 15.3. The molecule has 0 aliphatic rings. The molecule has 1 N–H and O–H groups in total. The SMILES string of the molecule is CC(=O)c1cc(F)cc(CN(CCC#N)C(C)C)c1O. The van der Waals surface area contributed by atoms with Crippen molar-refractivity contribution in [3.8, 4) is 11.8 Å². The molecule has 0 bridgehead atoms. The number of rotatable bonds is 6. The van der Waals surface area contributed by atoms with Gasteiger partial charge in [-0.15, -0.1) is 0 Å². The van der Waals surface area contributed by atoms with E-state index < -0.39 is 5.82 Å². The predicted molar refractivity (Wildman–Crippen MR) is 73.8 cm³/mol. The van der Waals surface area contributed by atoms with Gasteiger partial charge in [-0.25, -0.2) is 4.39 Å². The van der Waals surface area contributed by atoms with E-state index >= 15 is 0 Å². The number of halogens is 1. The molecule has 0 atom stereocenters. The summed E-state index contributed by atoms with van der Waals surface area (Å²) in [4.78, 5) is 13.3. The number of hydrogen-bond donors (Lipinski definition) is 1. The van der Waals surface area contributed by atoms with Crippen LogP contribution >= 0.6 is 0 Å². The lowest BCUT2D eigenvalue weighted by Gasteiger charge is -2.26. The first-order chi connectivity index (χ1) is 9.36. The Morgan fingerprint density at radius 1 is 1.50 bits per heavy atom. The number of benzene rings is 1. The average Bonchev–Trinajstić information content (AvgIpc) is 2.37. The normalized spacial score (nSPS) is 10.8. The molecule has 0 aliphatic carbocycles. The van der Waals surface area contributed by atoms with Gasteiger partial charge in [0.25, 0.3) is 0 Å². The average molecular weight is 278 g/mol. The fourth-order valence-corrected chi connectivity index (χ4v) is 1.98. The largest absolute Gasteiger partial charge is 0.507 e. The Kier molecular flexibility index (Phi) is 5.66. The molecule has 5 heteroatoms. The van der Waals surface area contributed by atoms with Gasteiger partial charge in [-0.2, -0.15) is 5.26 Å². The third-order valence-corrected chi connectivity index (χ3v) is 3.15.